The molecule has 122 valence electrons. The predicted octanol–water partition coefficient (Wildman–Crippen LogP) is 2.56. The van der Waals surface area contributed by atoms with E-state index < -0.39 is 29.4 Å². The smallest absolute Gasteiger partial charge is 0.337 e. The van der Waals surface area contributed by atoms with Gasteiger partial charge >= 0.3 is 7.60 Å². The van der Waals surface area contributed by atoms with Crippen LogP contribution in [0.3, 0.4) is 0 Å². The van der Waals surface area contributed by atoms with E-state index in [9.17, 15) is 24.6 Å². The Morgan fingerprint density at radius 1 is 1.05 bits per heavy atom. The number of rotatable bonds is 2. The monoisotopic (exact) mass is 318 g/mol. The molecule has 1 aliphatic rings. The third kappa shape index (κ3) is 3.03. The summed E-state index contributed by atoms with van der Waals surface area (Å²) >= 11 is 0. The zero-order chi connectivity index (χ0) is 16.9. The summed E-state index contributed by atoms with van der Waals surface area (Å²) < 4.78 is 12.5. The minimum atomic E-state index is -4.54. The lowest BCUT2D eigenvalue weighted by Gasteiger charge is -2.54. The van der Waals surface area contributed by atoms with Crippen molar-refractivity contribution < 1.29 is 24.6 Å². The molecule has 5 nitrogen and oxygen atoms in total. The number of hydrogen-bond acceptors (Lipinski definition) is 3. The van der Waals surface area contributed by atoms with Crippen molar-refractivity contribution >= 4 is 7.60 Å². The summed E-state index contributed by atoms with van der Waals surface area (Å²) in [5.41, 5.74) is -1.01. The molecule has 0 aliphatic heterocycles. The van der Waals surface area contributed by atoms with Crippen molar-refractivity contribution in [3.8, 4) is 0 Å². The standard InChI is InChI=1S/C15H27O5P/c1-12(2,3)15(13(4,5)6,21(18,19)20)11-7-9-14(16,17)10-8-11/h7-9,16-17H,10H2,1-6H3,(H2,18,19,20). The summed E-state index contributed by atoms with van der Waals surface area (Å²) in [7, 11) is -4.54. The van der Waals surface area contributed by atoms with Crippen molar-refractivity contribution in [1.82, 2.24) is 0 Å². The van der Waals surface area contributed by atoms with Crippen LogP contribution in [0.15, 0.2) is 23.8 Å². The van der Waals surface area contributed by atoms with E-state index in [0.29, 0.717) is 5.57 Å². The zero-order valence-corrected chi connectivity index (χ0v) is 14.5. The highest BCUT2D eigenvalue weighted by Gasteiger charge is 2.63. The fourth-order valence-electron chi connectivity index (χ4n) is 3.92. The molecule has 6 heteroatoms. The van der Waals surface area contributed by atoms with Gasteiger partial charge in [-0.05, 0) is 22.5 Å². The summed E-state index contributed by atoms with van der Waals surface area (Å²) in [6.45, 7) is 10.8. The lowest BCUT2D eigenvalue weighted by molar-refractivity contribution is -0.115. The van der Waals surface area contributed by atoms with Crippen LogP contribution in [-0.2, 0) is 4.57 Å². The lowest BCUT2D eigenvalue weighted by atomic mass is 9.61. The highest BCUT2D eigenvalue weighted by atomic mass is 31.2. The van der Waals surface area contributed by atoms with Gasteiger partial charge in [0, 0.05) is 6.42 Å². The van der Waals surface area contributed by atoms with Crippen LogP contribution in [-0.4, -0.2) is 30.9 Å². The SMILES string of the molecule is CC(C)(C)C(C1=CCC(O)(O)C=C1)(C(C)(C)C)P(=O)(O)O. The fourth-order valence-corrected chi connectivity index (χ4v) is 6.17. The summed E-state index contributed by atoms with van der Waals surface area (Å²) in [5, 5.41) is 17.8. The normalized spacial score (nSPS) is 20.4. The van der Waals surface area contributed by atoms with Gasteiger partial charge in [0.15, 0.2) is 5.79 Å². The van der Waals surface area contributed by atoms with Crippen molar-refractivity contribution in [1.29, 1.82) is 0 Å². The molecular weight excluding hydrogens is 291 g/mol. The van der Waals surface area contributed by atoms with Gasteiger partial charge < -0.3 is 20.0 Å². The molecule has 0 aromatic rings. The highest BCUT2D eigenvalue weighted by Crippen LogP contribution is 2.70. The van der Waals surface area contributed by atoms with Crippen LogP contribution in [0.2, 0.25) is 0 Å². The second kappa shape index (κ2) is 5.04. The molecule has 0 atom stereocenters. The van der Waals surface area contributed by atoms with Gasteiger partial charge in [0.25, 0.3) is 0 Å². The van der Waals surface area contributed by atoms with E-state index in [1.54, 1.807) is 41.5 Å². The van der Waals surface area contributed by atoms with Gasteiger partial charge in [0.1, 0.15) is 5.16 Å². The van der Waals surface area contributed by atoms with Crippen molar-refractivity contribution in [2.75, 3.05) is 0 Å². The van der Waals surface area contributed by atoms with Crippen LogP contribution in [0.1, 0.15) is 48.0 Å². The maximum absolute atomic E-state index is 12.5. The molecule has 0 amide bonds. The molecular formula is C15H27O5P. The van der Waals surface area contributed by atoms with E-state index in [2.05, 4.69) is 0 Å². The van der Waals surface area contributed by atoms with Crippen LogP contribution in [0.25, 0.3) is 0 Å². The maximum Gasteiger partial charge on any atom is 0.337 e. The summed E-state index contributed by atoms with van der Waals surface area (Å²) in [6.07, 6.45) is 4.05. The first-order valence-electron chi connectivity index (χ1n) is 6.96. The second-order valence-corrected chi connectivity index (χ2v) is 9.59. The third-order valence-corrected chi connectivity index (χ3v) is 6.65. The molecule has 0 aromatic heterocycles. The third-order valence-electron chi connectivity index (χ3n) is 4.18. The molecule has 21 heavy (non-hydrogen) atoms. The molecule has 0 aromatic carbocycles. The Kier molecular flexibility index (Phi) is 4.46. The van der Waals surface area contributed by atoms with Gasteiger partial charge in [-0.25, -0.2) is 0 Å². The van der Waals surface area contributed by atoms with Crippen LogP contribution >= 0.6 is 7.60 Å². The zero-order valence-electron chi connectivity index (χ0n) is 13.6. The number of hydrogen-bond donors (Lipinski definition) is 4. The highest BCUT2D eigenvalue weighted by molar-refractivity contribution is 7.54. The first kappa shape index (κ1) is 18.6. The van der Waals surface area contributed by atoms with Crippen molar-refractivity contribution in [2.45, 2.75) is 58.9 Å². The predicted molar refractivity (Wildman–Crippen MR) is 82.7 cm³/mol. The van der Waals surface area contributed by atoms with Crippen molar-refractivity contribution in [3.05, 3.63) is 23.8 Å². The largest absolute Gasteiger partial charge is 0.362 e. The molecule has 0 unspecified atom stereocenters. The first-order chi connectivity index (χ1) is 9.06. The maximum atomic E-state index is 12.5. The molecule has 0 saturated heterocycles. The average molecular weight is 318 g/mol. The van der Waals surface area contributed by atoms with Gasteiger partial charge in [-0.1, -0.05) is 53.7 Å². The molecule has 0 bridgehead atoms. The van der Waals surface area contributed by atoms with Gasteiger partial charge in [-0.3, -0.25) is 4.57 Å². The Balaban J connectivity index is 3.67. The van der Waals surface area contributed by atoms with E-state index in [1.807, 2.05) is 0 Å². The van der Waals surface area contributed by atoms with Crippen LogP contribution < -0.4 is 0 Å². The van der Waals surface area contributed by atoms with Gasteiger partial charge in [-0.2, -0.15) is 0 Å². The minimum absolute atomic E-state index is 0.0905. The van der Waals surface area contributed by atoms with E-state index >= 15 is 0 Å². The molecule has 0 heterocycles. The van der Waals surface area contributed by atoms with E-state index in [1.165, 1.54) is 18.2 Å². The Labute approximate surface area is 126 Å². The van der Waals surface area contributed by atoms with Crippen molar-refractivity contribution in [3.63, 3.8) is 0 Å². The van der Waals surface area contributed by atoms with Crippen LogP contribution in [0.5, 0.6) is 0 Å². The van der Waals surface area contributed by atoms with Crippen molar-refractivity contribution in [2.24, 2.45) is 10.8 Å². The van der Waals surface area contributed by atoms with E-state index in [4.69, 9.17) is 0 Å². The Morgan fingerprint density at radius 3 is 1.71 bits per heavy atom. The molecule has 0 fully saturated rings. The Hall–Kier alpha value is -0.450. The number of aliphatic hydroxyl groups is 2. The molecule has 1 rings (SSSR count). The fraction of sp³-hybridized carbons (Fsp3) is 0.733. The second-order valence-electron chi connectivity index (χ2n) is 7.83. The lowest BCUT2D eigenvalue weighted by Crippen LogP contribution is -2.54. The van der Waals surface area contributed by atoms with Gasteiger partial charge in [0.05, 0.1) is 0 Å². The van der Waals surface area contributed by atoms with Gasteiger partial charge in [-0.15, -0.1) is 0 Å². The Bertz CT molecular complexity index is 497. The molecule has 0 radical (unpaired) electrons. The minimum Gasteiger partial charge on any atom is -0.362 e. The molecule has 1 aliphatic carbocycles. The molecule has 0 spiro atoms. The van der Waals surface area contributed by atoms with E-state index in [-0.39, 0.29) is 6.42 Å². The van der Waals surface area contributed by atoms with Crippen LogP contribution in [0.4, 0.5) is 0 Å². The molecule has 0 saturated carbocycles. The average Bonchev–Trinajstić information content (AvgIpc) is 2.14. The summed E-state index contributed by atoms with van der Waals surface area (Å²) in [6, 6.07) is 0. The quantitative estimate of drug-likeness (QED) is 0.463. The summed E-state index contributed by atoms with van der Waals surface area (Å²) in [4.78, 5) is 20.4. The Morgan fingerprint density at radius 2 is 1.48 bits per heavy atom. The molecule has 4 N–H and O–H groups in total. The topological polar surface area (TPSA) is 98.0 Å². The summed E-state index contributed by atoms with van der Waals surface area (Å²) in [5.74, 6) is -1.96. The first-order valence-corrected chi connectivity index (χ1v) is 8.58. The van der Waals surface area contributed by atoms with Crippen LogP contribution in [0, 0.1) is 10.8 Å². The number of allylic oxidation sites excluding steroid dienone is 2. The van der Waals surface area contributed by atoms with Gasteiger partial charge in [0.2, 0.25) is 0 Å². The van der Waals surface area contributed by atoms with E-state index in [0.717, 1.165) is 0 Å².